The van der Waals surface area contributed by atoms with Crippen LogP contribution in [0.4, 0.5) is 0 Å². The van der Waals surface area contributed by atoms with Crippen LogP contribution in [0.3, 0.4) is 0 Å². The van der Waals surface area contributed by atoms with Gasteiger partial charge >= 0.3 is 0 Å². The maximum Gasteiger partial charge on any atom is 0.0940 e. The summed E-state index contributed by atoms with van der Waals surface area (Å²) in [7, 11) is 1.85. The van der Waals surface area contributed by atoms with Gasteiger partial charge in [0.05, 0.1) is 6.10 Å². The summed E-state index contributed by atoms with van der Waals surface area (Å²) in [5, 5.41) is 12.9. The SMILES string of the molecule is CNC(C)C(O)c1cccc(C)c1. The van der Waals surface area contributed by atoms with Crippen molar-refractivity contribution >= 4 is 0 Å². The van der Waals surface area contributed by atoms with E-state index in [1.54, 1.807) is 0 Å². The summed E-state index contributed by atoms with van der Waals surface area (Å²) >= 11 is 0. The van der Waals surface area contributed by atoms with Crippen LogP contribution in [-0.2, 0) is 0 Å². The molecule has 1 aromatic rings. The van der Waals surface area contributed by atoms with E-state index in [1.807, 2.05) is 45.2 Å². The van der Waals surface area contributed by atoms with Gasteiger partial charge in [0.1, 0.15) is 0 Å². The standard InChI is InChI=1S/C11H17NO/c1-8-5-4-6-10(7-8)11(13)9(2)12-3/h4-7,9,11-13H,1-3H3. The molecule has 0 spiro atoms. The van der Waals surface area contributed by atoms with Crippen LogP contribution in [0.15, 0.2) is 24.3 Å². The number of nitrogens with one attached hydrogen (secondary N) is 1. The van der Waals surface area contributed by atoms with E-state index >= 15 is 0 Å². The Labute approximate surface area is 79.6 Å². The highest BCUT2D eigenvalue weighted by Crippen LogP contribution is 2.17. The third kappa shape index (κ3) is 2.54. The molecule has 2 heteroatoms. The molecule has 0 aliphatic heterocycles. The average Bonchev–Trinajstić information content (AvgIpc) is 2.15. The van der Waals surface area contributed by atoms with Crippen molar-refractivity contribution in [3.05, 3.63) is 35.4 Å². The van der Waals surface area contributed by atoms with Gasteiger partial charge < -0.3 is 10.4 Å². The lowest BCUT2D eigenvalue weighted by Crippen LogP contribution is -2.28. The molecule has 0 aliphatic rings. The smallest absolute Gasteiger partial charge is 0.0940 e. The van der Waals surface area contributed by atoms with Gasteiger partial charge in [0.15, 0.2) is 0 Å². The summed E-state index contributed by atoms with van der Waals surface area (Å²) in [5.41, 5.74) is 2.15. The second-order valence-electron chi connectivity index (χ2n) is 3.44. The van der Waals surface area contributed by atoms with Gasteiger partial charge in [-0.2, -0.15) is 0 Å². The first-order chi connectivity index (χ1) is 6.15. The molecule has 1 rings (SSSR count). The molecule has 72 valence electrons. The minimum atomic E-state index is -0.426. The Hall–Kier alpha value is -0.860. The van der Waals surface area contributed by atoms with Crippen LogP contribution in [-0.4, -0.2) is 18.2 Å². The van der Waals surface area contributed by atoms with Crippen molar-refractivity contribution in [3.63, 3.8) is 0 Å². The van der Waals surface area contributed by atoms with Crippen molar-refractivity contribution in [3.8, 4) is 0 Å². The van der Waals surface area contributed by atoms with E-state index in [0.29, 0.717) is 0 Å². The molecule has 0 saturated heterocycles. The summed E-state index contributed by atoms with van der Waals surface area (Å²) < 4.78 is 0. The van der Waals surface area contributed by atoms with Crippen molar-refractivity contribution in [2.45, 2.75) is 26.0 Å². The molecule has 2 unspecified atom stereocenters. The summed E-state index contributed by atoms with van der Waals surface area (Å²) in [6, 6.07) is 8.04. The Kier molecular flexibility index (Phi) is 3.46. The van der Waals surface area contributed by atoms with Crippen LogP contribution in [0.25, 0.3) is 0 Å². The highest BCUT2D eigenvalue weighted by molar-refractivity contribution is 5.24. The van der Waals surface area contributed by atoms with E-state index in [2.05, 4.69) is 5.32 Å². The molecule has 2 N–H and O–H groups in total. The first-order valence-corrected chi connectivity index (χ1v) is 4.57. The Morgan fingerprint density at radius 2 is 2.08 bits per heavy atom. The largest absolute Gasteiger partial charge is 0.387 e. The van der Waals surface area contributed by atoms with Gasteiger partial charge in [0, 0.05) is 6.04 Å². The fourth-order valence-corrected chi connectivity index (χ4v) is 1.30. The summed E-state index contributed by atoms with van der Waals surface area (Å²) in [4.78, 5) is 0. The number of likely N-dealkylation sites (N-methyl/N-ethyl adjacent to an activating group) is 1. The van der Waals surface area contributed by atoms with Gasteiger partial charge in [-0.25, -0.2) is 0 Å². The van der Waals surface area contributed by atoms with Crippen LogP contribution in [0.2, 0.25) is 0 Å². The maximum atomic E-state index is 9.85. The molecule has 0 radical (unpaired) electrons. The lowest BCUT2D eigenvalue weighted by molar-refractivity contribution is 0.140. The molecule has 1 aromatic carbocycles. The molecule has 0 heterocycles. The van der Waals surface area contributed by atoms with Gasteiger partial charge in [-0.05, 0) is 26.5 Å². The molecule has 0 saturated carbocycles. The van der Waals surface area contributed by atoms with Gasteiger partial charge in [0.25, 0.3) is 0 Å². The van der Waals surface area contributed by atoms with Crippen LogP contribution in [0, 0.1) is 6.92 Å². The van der Waals surface area contributed by atoms with Crippen LogP contribution in [0.5, 0.6) is 0 Å². The molecule has 2 atom stereocenters. The normalized spacial score (nSPS) is 15.4. The number of aliphatic hydroxyl groups is 1. The highest BCUT2D eigenvalue weighted by Gasteiger charge is 2.13. The van der Waals surface area contributed by atoms with Gasteiger partial charge in [-0.3, -0.25) is 0 Å². The lowest BCUT2D eigenvalue weighted by Gasteiger charge is -2.18. The molecule has 0 bridgehead atoms. The van der Waals surface area contributed by atoms with E-state index in [0.717, 1.165) is 5.56 Å². The second-order valence-corrected chi connectivity index (χ2v) is 3.44. The van der Waals surface area contributed by atoms with Crippen LogP contribution < -0.4 is 5.32 Å². The van der Waals surface area contributed by atoms with E-state index in [-0.39, 0.29) is 6.04 Å². The van der Waals surface area contributed by atoms with Crippen LogP contribution in [0.1, 0.15) is 24.2 Å². The number of hydrogen-bond donors (Lipinski definition) is 2. The predicted molar refractivity (Wildman–Crippen MR) is 54.7 cm³/mol. The van der Waals surface area contributed by atoms with Crippen molar-refractivity contribution < 1.29 is 5.11 Å². The van der Waals surface area contributed by atoms with E-state index in [9.17, 15) is 5.11 Å². The topological polar surface area (TPSA) is 32.3 Å². The number of aryl methyl sites for hydroxylation is 1. The maximum absolute atomic E-state index is 9.85. The zero-order chi connectivity index (χ0) is 9.84. The fourth-order valence-electron chi connectivity index (χ4n) is 1.30. The molecule has 2 nitrogen and oxygen atoms in total. The third-order valence-electron chi connectivity index (χ3n) is 2.31. The van der Waals surface area contributed by atoms with E-state index in [4.69, 9.17) is 0 Å². The molecule has 0 aliphatic carbocycles. The van der Waals surface area contributed by atoms with Crippen molar-refractivity contribution in [1.29, 1.82) is 0 Å². The van der Waals surface area contributed by atoms with Crippen LogP contribution >= 0.6 is 0 Å². The minimum absolute atomic E-state index is 0.0850. The monoisotopic (exact) mass is 179 g/mol. The quantitative estimate of drug-likeness (QED) is 0.739. The van der Waals surface area contributed by atoms with Crippen molar-refractivity contribution in [1.82, 2.24) is 5.32 Å². The predicted octanol–water partition coefficient (Wildman–Crippen LogP) is 1.64. The summed E-state index contributed by atoms with van der Waals surface area (Å²) in [6.07, 6.45) is -0.426. The fraction of sp³-hybridized carbons (Fsp3) is 0.455. The molecule has 0 aromatic heterocycles. The highest BCUT2D eigenvalue weighted by atomic mass is 16.3. The third-order valence-corrected chi connectivity index (χ3v) is 2.31. The summed E-state index contributed by atoms with van der Waals surface area (Å²) in [5.74, 6) is 0. The Morgan fingerprint density at radius 3 is 2.62 bits per heavy atom. The van der Waals surface area contributed by atoms with E-state index < -0.39 is 6.10 Å². The Balaban J connectivity index is 2.82. The second kappa shape index (κ2) is 4.40. The zero-order valence-corrected chi connectivity index (χ0v) is 8.41. The molecular formula is C11H17NO. The Bertz CT molecular complexity index is 273. The van der Waals surface area contributed by atoms with Gasteiger partial charge in [0.2, 0.25) is 0 Å². The minimum Gasteiger partial charge on any atom is -0.387 e. The number of hydrogen-bond acceptors (Lipinski definition) is 2. The average molecular weight is 179 g/mol. The molecular weight excluding hydrogens is 162 g/mol. The first-order valence-electron chi connectivity index (χ1n) is 4.57. The molecule has 0 amide bonds. The van der Waals surface area contributed by atoms with Gasteiger partial charge in [-0.1, -0.05) is 29.8 Å². The summed E-state index contributed by atoms with van der Waals surface area (Å²) in [6.45, 7) is 3.99. The number of aliphatic hydroxyl groups excluding tert-OH is 1. The zero-order valence-electron chi connectivity index (χ0n) is 8.41. The van der Waals surface area contributed by atoms with Gasteiger partial charge in [-0.15, -0.1) is 0 Å². The first kappa shape index (κ1) is 10.2. The van der Waals surface area contributed by atoms with E-state index in [1.165, 1.54) is 5.56 Å². The van der Waals surface area contributed by atoms with Crippen molar-refractivity contribution in [2.24, 2.45) is 0 Å². The lowest BCUT2D eigenvalue weighted by atomic mass is 10.0. The molecule has 0 fully saturated rings. The van der Waals surface area contributed by atoms with Crippen molar-refractivity contribution in [2.75, 3.05) is 7.05 Å². The number of rotatable bonds is 3. The number of benzene rings is 1. The Morgan fingerprint density at radius 1 is 1.38 bits per heavy atom. The molecule has 13 heavy (non-hydrogen) atoms.